The molecule has 1 heterocycles. The minimum atomic E-state index is 0.348. The summed E-state index contributed by atoms with van der Waals surface area (Å²) < 4.78 is 0.760. The van der Waals surface area contributed by atoms with Crippen LogP contribution in [0.5, 0.6) is 5.75 Å². The smallest absolute Gasteiger partial charge is 0.134 e. The first-order valence-electron chi connectivity index (χ1n) is 7.09. The van der Waals surface area contributed by atoms with Crippen LogP contribution in [0.1, 0.15) is 31.7 Å². The maximum atomic E-state index is 9.91. The predicted molar refractivity (Wildman–Crippen MR) is 82.4 cm³/mol. The van der Waals surface area contributed by atoms with Crippen molar-refractivity contribution < 1.29 is 5.11 Å². The minimum absolute atomic E-state index is 0.348. The van der Waals surface area contributed by atoms with Crippen molar-refractivity contribution in [2.24, 2.45) is 0 Å². The molecule has 1 aliphatic heterocycles. The molecule has 0 radical (unpaired) electrons. The summed E-state index contributed by atoms with van der Waals surface area (Å²) in [6.45, 7) is 6.41. The van der Waals surface area contributed by atoms with Crippen molar-refractivity contribution in [2.45, 2.75) is 38.8 Å². The minimum Gasteiger partial charge on any atom is -0.506 e. The van der Waals surface area contributed by atoms with Crippen molar-refractivity contribution in [3.8, 4) is 5.75 Å². The number of phenolic OH excluding ortho intramolecular Hbond substituents is 1. The second kappa shape index (κ2) is 7.27. The Hall–Kier alpha value is -0.580. The molecule has 0 aliphatic carbocycles. The topological polar surface area (TPSA) is 35.5 Å². The second-order valence-electron chi connectivity index (χ2n) is 5.32. The highest BCUT2D eigenvalue weighted by Gasteiger charge is 2.16. The summed E-state index contributed by atoms with van der Waals surface area (Å²) in [6.07, 6.45) is 4.04. The molecule has 1 unspecified atom stereocenters. The van der Waals surface area contributed by atoms with Crippen LogP contribution in [-0.2, 0) is 6.54 Å². The van der Waals surface area contributed by atoms with Crippen molar-refractivity contribution in [1.29, 1.82) is 0 Å². The van der Waals surface area contributed by atoms with Gasteiger partial charge in [0.2, 0.25) is 0 Å². The van der Waals surface area contributed by atoms with Gasteiger partial charge in [0.25, 0.3) is 0 Å². The zero-order valence-corrected chi connectivity index (χ0v) is 13.1. The predicted octanol–water partition coefficient (Wildman–Crippen LogP) is 3.12. The molecule has 4 heteroatoms. The highest BCUT2D eigenvalue weighted by molar-refractivity contribution is 9.10. The van der Waals surface area contributed by atoms with Gasteiger partial charge in [-0.05, 0) is 54.9 Å². The fourth-order valence-corrected chi connectivity index (χ4v) is 3.01. The zero-order valence-electron chi connectivity index (χ0n) is 11.5. The molecule has 1 aliphatic rings. The maximum Gasteiger partial charge on any atom is 0.134 e. The van der Waals surface area contributed by atoms with E-state index in [0.29, 0.717) is 18.3 Å². The third kappa shape index (κ3) is 4.20. The van der Waals surface area contributed by atoms with Crippen molar-refractivity contribution in [3.63, 3.8) is 0 Å². The van der Waals surface area contributed by atoms with E-state index in [2.05, 4.69) is 33.1 Å². The highest BCUT2D eigenvalue weighted by atomic mass is 79.9. The Kier molecular flexibility index (Phi) is 5.67. The van der Waals surface area contributed by atoms with Crippen molar-refractivity contribution in [1.82, 2.24) is 10.2 Å². The number of nitrogens with zero attached hydrogens (tertiary/aromatic N) is 1. The molecule has 0 bridgehead atoms. The summed E-state index contributed by atoms with van der Waals surface area (Å²) in [5.41, 5.74) is 0.945. The van der Waals surface area contributed by atoms with Gasteiger partial charge in [-0.1, -0.05) is 18.6 Å². The van der Waals surface area contributed by atoms with Gasteiger partial charge in [-0.3, -0.25) is 4.90 Å². The molecule has 0 spiro atoms. The molecule has 3 nitrogen and oxygen atoms in total. The van der Waals surface area contributed by atoms with Crippen LogP contribution >= 0.6 is 15.9 Å². The van der Waals surface area contributed by atoms with Crippen LogP contribution in [0.2, 0.25) is 0 Å². The molecule has 106 valence electrons. The van der Waals surface area contributed by atoms with E-state index >= 15 is 0 Å². The van der Waals surface area contributed by atoms with Crippen molar-refractivity contribution >= 4 is 15.9 Å². The Bertz CT molecular complexity index is 405. The zero-order chi connectivity index (χ0) is 13.7. The molecule has 1 fully saturated rings. The fourth-order valence-electron chi connectivity index (χ4n) is 2.61. The second-order valence-corrected chi connectivity index (χ2v) is 6.18. The van der Waals surface area contributed by atoms with Crippen molar-refractivity contribution in [2.75, 3.05) is 19.6 Å². The number of para-hydroxylation sites is 1. The van der Waals surface area contributed by atoms with Gasteiger partial charge >= 0.3 is 0 Å². The molecule has 0 aromatic heterocycles. The van der Waals surface area contributed by atoms with E-state index in [-0.39, 0.29) is 0 Å². The van der Waals surface area contributed by atoms with Gasteiger partial charge in [0.1, 0.15) is 5.75 Å². The lowest BCUT2D eigenvalue weighted by Gasteiger charge is -2.32. The summed E-state index contributed by atoms with van der Waals surface area (Å²) in [5, 5.41) is 13.4. The van der Waals surface area contributed by atoms with Gasteiger partial charge in [-0.15, -0.1) is 0 Å². The van der Waals surface area contributed by atoms with Crippen molar-refractivity contribution in [3.05, 3.63) is 28.2 Å². The van der Waals surface area contributed by atoms with Crippen LogP contribution < -0.4 is 5.32 Å². The number of phenols is 1. The third-order valence-corrected chi connectivity index (χ3v) is 4.48. The monoisotopic (exact) mass is 326 g/mol. The molecule has 2 N–H and O–H groups in total. The van der Waals surface area contributed by atoms with Gasteiger partial charge in [0.05, 0.1) is 4.47 Å². The molecule has 1 saturated heterocycles. The highest BCUT2D eigenvalue weighted by Crippen LogP contribution is 2.27. The van der Waals surface area contributed by atoms with Gasteiger partial charge < -0.3 is 10.4 Å². The first-order chi connectivity index (χ1) is 9.18. The van der Waals surface area contributed by atoms with Gasteiger partial charge in [0.15, 0.2) is 0 Å². The molecule has 1 aromatic carbocycles. The Balaban J connectivity index is 1.78. The Morgan fingerprint density at radius 2 is 2.05 bits per heavy atom. The first kappa shape index (κ1) is 14.8. The lowest BCUT2D eigenvalue weighted by atomic mass is 10.1. The van der Waals surface area contributed by atoms with Crippen LogP contribution in [0, 0.1) is 0 Å². The summed E-state index contributed by atoms with van der Waals surface area (Å²) in [5.74, 6) is 0.348. The van der Waals surface area contributed by atoms with Gasteiger partial charge in [0, 0.05) is 24.7 Å². The molecular weight excluding hydrogens is 304 g/mol. The molecule has 0 amide bonds. The van der Waals surface area contributed by atoms with Crippen LogP contribution in [-0.4, -0.2) is 35.7 Å². The summed E-state index contributed by atoms with van der Waals surface area (Å²) in [4.78, 5) is 2.55. The lowest BCUT2D eigenvalue weighted by molar-refractivity contribution is 0.170. The van der Waals surface area contributed by atoms with E-state index in [1.807, 2.05) is 18.2 Å². The quantitative estimate of drug-likeness (QED) is 0.872. The fraction of sp³-hybridized carbons (Fsp3) is 0.600. The average molecular weight is 327 g/mol. The van der Waals surface area contributed by atoms with E-state index in [4.69, 9.17) is 0 Å². The van der Waals surface area contributed by atoms with Crippen LogP contribution in [0.4, 0.5) is 0 Å². The maximum absolute atomic E-state index is 9.91. The summed E-state index contributed by atoms with van der Waals surface area (Å²) in [6, 6.07) is 6.33. The molecule has 0 saturated carbocycles. The SMILES string of the molecule is CC(CNCc1cccc(Br)c1O)N1CCCCC1. The molecule has 1 aromatic rings. The number of benzene rings is 1. The Morgan fingerprint density at radius 1 is 1.32 bits per heavy atom. The average Bonchev–Trinajstić information content (AvgIpc) is 2.44. The van der Waals surface area contributed by atoms with Crippen LogP contribution in [0.25, 0.3) is 0 Å². The van der Waals surface area contributed by atoms with E-state index in [9.17, 15) is 5.11 Å². The van der Waals surface area contributed by atoms with Crippen LogP contribution in [0.3, 0.4) is 0 Å². The standard InChI is InChI=1S/C15H23BrN2O/c1-12(18-8-3-2-4-9-18)10-17-11-13-6-5-7-14(16)15(13)19/h5-7,12,17,19H,2-4,8-11H2,1H3. The van der Waals surface area contributed by atoms with E-state index in [0.717, 1.165) is 16.6 Å². The largest absolute Gasteiger partial charge is 0.506 e. The number of likely N-dealkylation sites (tertiary alicyclic amines) is 1. The Morgan fingerprint density at radius 3 is 2.79 bits per heavy atom. The van der Waals surface area contributed by atoms with Gasteiger partial charge in [-0.25, -0.2) is 0 Å². The Labute approximate surface area is 124 Å². The number of hydrogen-bond donors (Lipinski definition) is 2. The number of halogens is 1. The number of aromatic hydroxyl groups is 1. The molecule has 2 rings (SSSR count). The lowest BCUT2D eigenvalue weighted by Crippen LogP contribution is -2.42. The third-order valence-electron chi connectivity index (χ3n) is 3.84. The van der Waals surface area contributed by atoms with Crippen LogP contribution in [0.15, 0.2) is 22.7 Å². The van der Waals surface area contributed by atoms with E-state index in [1.54, 1.807) is 0 Å². The molecule has 1 atom stereocenters. The summed E-state index contributed by atoms with van der Waals surface area (Å²) >= 11 is 3.34. The number of rotatable bonds is 5. The number of hydrogen-bond acceptors (Lipinski definition) is 3. The summed E-state index contributed by atoms with van der Waals surface area (Å²) in [7, 11) is 0. The van der Waals surface area contributed by atoms with Gasteiger partial charge in [-0.2, -0.15) is 0 Å². The number of piperidine rings is 1. The van der Waals surface area contributed by atoms with E-state index < -0.39 is 0 Å². The van der Waals surface area contributed by atoms with E-state index in [1.165, 1.54) is 32.4 Å². The number of nitrogens with one attached hydrogen (secondary N) is 1. The molecule has 19 heavy (non-hydrogen) atoms. The normalized spacial score (nSPS) is 18.4. The first-order valence-corrected chi connectivity index (χ1v) is 7.89. The molecular formula is C15H23BrN2O.